The average molecular weight is 486 g/mol. The van der Waals surface area contributed by atoms with Crippen LogP contribution in [-0.2, 0) is 17.6 Å². The fourth-order valence-electron chi connectivity index (χ4n) is 3.28. The monoisotopic (exact) mass is 485 g/mol. The van der Waals surface area contributed by atoms with E-state index in [4.69, 9.17) is 16.3 Å². The lowest BCUT2D eigenvalue weighted by molar-refractivity contribution is -0.139. The van der Waals surface area contributed by atoms with E-state index in [1.54, 1.807) is 31.3 Å². The van der Waals surface area contributed by atoms with Gasteiger partial charge in [0, 0.05) is 25.6 Å². The van der Waals surface area contributed by atoms with Crippen molar-refractivity contribution in [1.29, 1.82) is 0 Å². The van der Waals surface area contributed by atoms with E-state index in [9.17, 15) is 19.1 Å². The van der Waals surface area contributed by atoms with Gasteiger partial charge in [-0.2, -0.15) is 0 Å². The highest BCUT2D eigenvalue weighted by atomic mass is 35.5. The summed E-state index contributed by atoms with van der Waals surface area (Å²) in [6.45, 7) is 1.92. The topological polar surface area (TPSA) is 101 Å². The molecule has 7 nitrogen and oxygen atoms in total. The Labute approximate surface area is 201 Å². The molecule has 1 heterocycles. The average Bonchev–Trinajstić information content (AvgIpc) is 2.82. The van der Waals surface area contributed by atoms with Crippen LogP contribution in [0.4, 0.5) is 10.2 Å². The summed E-state index contributed by atoms with van der Waals surface area (Å²) in [6.07, 6.45) is 0.635. The van der Waals surface area contributed by atoms with E-state index in [0.717, 1.165) is 11.5 Å². The van der Waals surface area contributed by atoms with Gasteiger partial charge < -0.3 is 20.5 Å². The van der Waals surface area contributed by atoms with Crippen LogP contribution in [0.2, 0.25) is 5.02 Å². The molecule has 1 atom stereocenters. The van der Waals surface area contributed by atoms with Crippen molar-refractivity contribution in [3.8, 4) is 5.75 Å². The van der Waals surface area contributed by atoms with Gasteiger partial charge in [0.1, 0.15) is 23.4 Å². The van der Waals surface area contributed by atoms with Crippen molar-refractivity contribution in [1.82, 2.24) is 10.3 Å². The summed E-state index contributed by atoms with van der Waals surface area (Å²) in [5.41, 5.74) is 1.43. The van der Waals surface area contributed by atoms with Crippen molar-refractivity contribution in [2.24, 2.45) is 0 Å². The molecule has 178 valence electrons. The van der Waals surface area contributed by atoms with E-state index in [1.165, 1.54) is 19.1 Å². The Morgan fingerprint density at radius 2 is 1.88 bits per heavy atom. The number of benzene rings is 2. The van der Waals surface area contributed by atoms with Gasteiger partial charge in [-0.25, -0.2) is 14.2 Å². The number of nitrogens with one attached hydrogen (secondary N) is 2. The number of carbonyl (C=O) groups excluding carboxylic acids is 1. The van der Waals surface area contributed by atoms with Crippen LogP contribution in [-0.4, -0.2) is 41.7 Å². The normalized spacial score (nSPS) is 11.5. The minimum Gasteiger partial charge on any atom is -0.493 e. The highest BCUT2D eigenvalue weighted by Gasteiger charge is 2.25. The number of aryl methyl sites for hydroxylation is 1. The number of ether oxygens (including phenoxy) is 1. The second-order valence-electron chi connectivity index (χ2n) is 7.63. The molecular weight excluding hydrogens is 461 g/mol. The van der Waals surface area contributed by atoms with Crippen molar-refractivity contribution >= 4 is 29.3 Å². The van der Waals surface area contributed by atoms with Crippen molar-refractivity contribution in [2.45, 2.75) is 25.8 Å². The van der Waals surface area contributed by atoms with Crippen LogP contribution in [0, 0.1) is 12.7 Å². The number of anilines is 1. The van der Waals surface area contributed by atoms with Gasteiger partial charge >= 0.3 is 5.97 Å². The molecule has 0 radical (unpaired) electrons. The lowest BCUT2D eigenvalue weighted by Gasteiger charge is -2.16. The molecule has 0 spiro atoms. The molecule has 1 aromatic heterocycles. The van der Waals surface area contributed by atoms with E-state index >= 15 is 0 Å². The SMILES string of the molecule is CNc1cccc(CCOc2ccc(C[C@H](NC(=O)c3c(Cl)ccc(C)c3F)C(=O)O)cc2)n1. The van der Waals surface area contributed by atoms with Crippen LogP contribution in [0.15, 0.2) is 54.6 Å². The largest absolute Gasteiger partial charge is 0.493 e. The van der Waals surface area contributed by atoms with E-state index in [-0.39, 0.29) is 22.6 Å². The smallest absolute Gasteiger partial charge is 0.326 e. The first-order valence-electron chi connectivity index (χ1n) is 10.6. The highest BCUT2D eigenvalue weighted by Crippen LogP contribution is 2.22. The van der Waals surface area contributed by atoms with E-state index < -0.39 is 23.7 Å². The summed E-state index contributed by atoms with van der Waals surface area (Å²) in [4.78, 5) is 28.7. The zero-order valence-electron chi connectivity index (χ0n) is 18.8. The lowest BCUT2D eigenvalue weighted by Crippen LogP contribution is -2.42. The second-order valence-corrected chi connectivity index (χ2v) is 8.04. The maximum Gasteiger partial charge on any atom is 0.326 e. The second kappa shape index (κ2) is 11.5. The molecule has 9 heteroatoms. The Kier molecular flexibility index (Phi) is 8.43. The quantitative estimate of drug-likeness (QED) is 0.396. The molecule has 0 aliphatic carbocycles. The summed E-state index contributed by atoms with van der Waals surface area (Å²) < 4.78 is 20.1. The molecule has 0 bridgehead atoms. The number of hydrogen-bond donors (Lipinski definition) is 3. The Balaban J connectivity index is 1.59. The molecule has 0 aliphatic heterocycles. The van der Waals surface area contributed by atoms with E-state index in [1.807, 2.05) is 18.2 Å². The standard InChI is InChI=1S/C25H25ClFN3O4/c1-15-6-11-19(26)22(23(15)27)24(31)30-20(25(32)33)14-16-7-9-18(10-8-16)34-13-12-17-4-3-5-21(28-2)29-17/h3-11,20H,12-14H2,1-2H3,(H,28,29)(H,30,31)(H,32,33)/t20-/m0/s1. The number of hydrogen-bond acceptors (Lipinski definition) is 5. The maximum absolute atomic E-state index is 14.4. The first-order chi connectivity index (χ1) is 16.3. The molecule has 34 heavy (non-hydrogen) atoms. The van der Waals surface area contributed by atoms with Crippen LogP contribution >= 0.6 is 11.6 Å². The third-order valence-electron chi connectivity index (χ3n) is 5.17. The first kappa shape index (κ1) is 25.0. The molecular formula is C25H25ClFN3O4. The number of rotatable bonds is 10. The van der Waals surface area contributed by atoms with Gasteiger partial charge in [0.2, 0.25) is 0 Å². The first-order valence-corrected chi connectivity index (χ1v) is 11.0. The third-order valence-corrected chi connectivity index (χ3v) is 5.48. The number of halogens is 2. The van der Waals surface area contributed by atoms with Crippen LogP contribution in [0.1, 0.15) is 27.2 Å². The number of amides is 1. The summed E-state index contributed by atoms with van der Waals surface area (Å²) in [5, 5.41) is 14.8. The van der Waals surface area contributed by atoms with Gasteiger partial charge in [-0.1, -0.05) is 35.9 Å². The fraction of sp³-hybridized carbons (Fsp3) is 0.240. The van der Waals surface area contributed by atoms with Crippen molar-refractivity contribution in [3.05, 3.63) is 87.8 Å². The summed E-state index contributed by atoms with van der Waals surface area (Å²) in [6, 6.07) is 14.2. The minimum atomic E-state index is -1.26. The summed E-state index contributed by atoms with van der Waals surface area (Å²) in [7, 11) is 1.81. The van der Waals surface area contributed by atoms with Gasteiger partial charge in [-0.3, -0.25) is 4.79 Å². The number of aliphatic carboxylic acids is 1. The minimum absolute atomic E-state index is 0.00708. The molecule has 2 aromatic carbocycles. The number of carbonyl (C=O) groups is 2. The highest BCUT2D eigenvalue weighted by molar-refractivity contribution is 6.34. The fourth-order valence-corrected chi connectivity index (χ4v) is 3.52. The summed E-state index contributed by atoms with van der Waals surface area (Å²) in [5.74, 6) is -1.49. The van der Waals surface area contributed by atoms with Crippen molar-refractivity contribution < 1.29 is 23.8 Å². The molecule has 1 amide bonds. The van der Waals surface area contributed by atoms with E-state index in [0.29, 0.717) is 24.3 Å². The van der Waals surface area contributed by atoms with Gasteiger partial charge in [0.05, 0.1) is 17.2 Å². The number of carboxylic acids is 1. The van der Waals surface area contributed by atoms with Gasteiger partial charge in [-0.05, 0) is 48.4 Å². The number of carboxylic acid groups (broad SMARTS) is 1. The van der Waals surface area contributed by atoms with Crippen LogP contribution in [0.3, 0.4) is 0 Å². The Bertz CT molecular complexity index is 1170. The molecule has 0 saturated heterocycles. The molecule has 0 saturated carbocycles. The third kappa shape index (κ3) is 6.45. The predicted octanol–water partition coefficient (Wildman–Crippen LogP) is 4.27. The molecule has 0 aliphatic rings. The number of pyridine rings is 1. The Hall–Kier alpha value is -3.65. The predicted molar refractivity (Wildman–Crippen MR) is 128 cm³/mol. The zero-order chi connectivity index (χ0) is 24.7. The molecule has 0 fully saturated rings. The van der Waals surface area contributed by atoms with E-state index in [2.05, 4.69) is 15.6 Å². The van der Waals surface area contributed by atoms with Crippen LogP contribution in [0.5, 0.6) is 5.75 Å². The zero-order valence-corrected chi connectivity index (χ0v) is 19.5. The molecule has 0 unspecified atom stereocenters. The number of aromatic nitrogens is 1. The molecule has 3 rings (SSSR count). The van der Waals surface area contributed by atoms with Gasteiger partial charge in [0.15, 0.2) is 0 Å². The van der Waals surface area contributed by atoms with Crippen LogP contribution in [0.25, 0.3) is 0 Å². The number of nitrogens with zero attached hydrogens (tertiary/aromatic N) is 1. The maximum atomic E-state index is 14.4. The van der Waals surface area contributed by atoms with Gasteiger partial charge in [0.25, 0.3) is 5.91 Å². The Morgan fingerprint density at radius 3 is 2.56 bits per heavy atom. The molecule has 3 aromatic rings. The van der Waals surface area contributed by atoms with Crippen molar-refractivity contribution in [2.75, 3.05) is 19.0 Å². The lowest BCUT2D eigenvalue weighted by atomic mass is 10.0. The van der Waals surface area contributed by atoms with Gasteiger partial charge in [-0.15, -0.1) is 0 Å². The Morgan fingerprint density at radius 1 is 1.15 bits per heavy atom. The summed E-state index contributed by atoms with van der Waals surface area (Å²) >= 11 is 5.96. The van der Waals surface area contributed by atoms with Crippen LogP contribution < -0.4 is 15.4 Å². The van der Waals surface area contributed by atoms with Crippen molar-refractivity contribution in [3.63, 3.8) is 0 Å². The molecule has 3 N–H and O–H groups in total.